The first-order valence-electron chi connectivity index (χ1n) is 6.93. The van der Waals surface area contributed by atoms with Crippen LogP contribution in [0.1, 0.15) is 27.0 Å². The van der Waals surface area contributed by atoms with Crippen molar-refractivity contribution in [2.45, 2.75) is 19.8 Å². The van der Waals surface area contributed by atoms with E-state index in [0.717, 1.165) is 16.8 Å². The maximum Gasteiger partial charge on any atom is 0.253 e. The second-order valence-electron chi connectivity index (χ2n) is 5.38. The van der Waals surface area contributed by atoms with E-state index in [9.17, 15) is 4.79 Å². The third-order valence-corrected chi connectivity index (χ3v) is 3.71. The number of nitrogen functional groups attached to an aromatic ring is 1. The Morgan fingerprint density at radius 3 is 2.62 bits per heavy atom. The Kier molecular flexibility index (Phi) is 3.62. The number of fused-ring (bicyclic) bond motifs is 1. The summed E-state index contributed by atoms with van der Waals surface area (Å²) in [4.78, 5) is 14.2. The third kappa shape index (κ3) is 2.90. The molecule has 4 nitrogen and oxygen atoms in total. The molecule has 1 aliphatic heterocycles. The molecule has 1 aliphatic rings. The van der Waals surface area contributed by atoms with E-state index in [1.54, 1.807) is 4.90 Å². The third-order valence-electron chi connectivity index (χ3n) is 3.71. The molecule has 0 radical (unpaired) electrons. The number of hydrogen-bond donors (Lipinski definition) is 1. The summed E-state index contributed by atoms with van der Waals surface area (Å²) < 4.78 is 5.38. The van der Waals surface area contributed by atoms with Crippen LogP contribution in [0.25, 0.3) is 0 Å². The highest BCUT2D eigenvalue weighted by atomic mass is 16.5. The van der Waals surface area contributed by atoms with E-state index in [-0.39, 0.29) is 5.91 Å². The number of carbonyl (C=O) groups excluding carboxylic acids is 1. The molecule has 21 heavy (non-hydrogen) atoms. The highest BCUT2D eigenvalue weighted by Crippen LogP contribution is 2.21. The van der Waals surface area contributed by atoms with Gasteiger partial charge < -0.3 is 15.4 Å². The molecule has 1 amide bonds. The predicted molar refractivity (Wildman–Crippen MR) is 81.6 cm³/mol. The van der Waals surface area contributed by atoms with Gasteiger partial charge in [0.2, 0.25) is 0 Å². The van der Waals surface area contributed by atoms with Crippen LogP contribution in [0.4, 0.5) is 5.69 Å². The number of amides is 1. The van der Waals surface area contributed by atoms with Gasteiger partial charge in [0.15, 0.2) is 0 Å². The Morgan fingerprint density at radius 2 is 1.86 bits per heavy atom. The van der Waals surface area contributed by atoms with Crippen molar-refractivity contribution < 1.29 is 9.53 Å². The highest BCUT2D eigenvalue weighted by molar-refractivity contribution is 5.94. The van der Waals surface area contributed by atoms with Gasteiger partial charge in [0.1, 0.15) is 0 Å². The molecular weight excluding hydrogens is 264 g/mol. The molecule has 4 heteroatoms. The van der Waals surface area contributed by atoms with Crippen LogP contribution in [-0.2, 0) is 24.5 Å². The van der Waals surface area contributed by atoms with Crippen molar-refractivity contribution in [1.82, 2.24) is 4.90 Å². The van der Waals surface area contributed by atoms with Crippen molar-refractivity contribution in [1.29, 1.82) is 0 Å². The first-order chi connectivity index (χ1) is 10.1. The summed E-state index contributed by atoms with van der Waals surface area (Å²) >= 11 is 0. The summed E-state index contributed by atoms with van der Waals surface area (Å²) in [5, 5.41) is 0. The van der Waals surface area contributed by atoms with Crippen molar-refractivity contribution >= 4 is 11.6 Å². The number of ether oxygens (including phenoxy) is 1. The van der Waals surface area contributed by atoms with Crippen LogP contribution in [0.2, 0.25) is 0 Å². The standard InChI is InChI=1S/C17H18N2O2/c1-19(9-12-2-6-16(18)7-3-12)17(20)13-4-5-14-10-21-11-15(14)8-13/h2-8H,9-11,18H2,1H3. The second-order valence-corrected chi connectivity index (χ2v) is 5.38. The molecule has 0 unspecified atom stereocenters. The molecule has 2 aromatic rings. The van der Waals surface area contributed by atoms with Crippen LogP contribution < -0.4 is 5.73 Å². The van der Waals surface area contributed by atoms with Crippen LogP contribution in [-0.4, -0.2) is 17.9 Å². The van der Waals surface area contributed by atoms with Crippen LogP contribution in [0.3, 0.4) is 0 Å². The van der Waals surface area contributed by atoms with E-state index in [4.69, 9.17) is 10.5 Å². The first kappa shape index (κ1) is 13.6. The number of benzene rings is 2. The predicted octanol–water partition coefficient (Wildman–Crippen LogP) is 2.57. The zero-order valence-electron chi connectivity index (χ0n) is 12.0. The number of anilines is 1. The number of hydrogen-bond acceptors (Lipinski definition) is 3. The topological polar surface area (TPSA) is 55.6 Å². The van der Waals surface area contributed by atoms with Crippen LogP contribution in [0, 0.1) is 0 Å². The Balaban J connectivity index is 1.73. The molecule has 0 aromatic heterocycles. The minimum Gasteiger partial charge on any atom is -0.399 e. The van der Waals surface area contributed by atoms with Gasteiger partial charge in [0.25, 0.3) is 5.91 Å². The largest absolute Gasteiger partial charge is 0.399 e. The lowest BCUT2D eigenvalue weighted by Crippen LogP contribution is -2.26. The van der Waals surface area contributed by atoms with Crippen molar-refractivity contribution in [3.8, 4) is 0 Å². The summed E-state index contributed by atoms with van der Waals surface area (Å²) in [6.45, 7) is 1.80. The van der Waals surface area contributed by atoms with Crippen LogP contribution in [0.15, 0.2) is 42.5 Å². The lowest BCUT2D eigenvalue weighted by molar-refractivity contribution is 0.0785. The molecule has 0 spiro atoms. The van der Waals surface area contributed by atoms with Gasteiger partial charge in [0.05, 0.1) is 13.2 Å². The zero-order valence-corrected chi connectivity index (χ0v) is 12.0. The molecule has 0 saturated heterocycles. The quantitative estimate of drug-likeness (QED) is 0.880. The summed E-state index contributed by atoms with van der Waals surface area (Å²) in [7, 11) is 1.81. The molecule has 0 fully saturated rings. The minimum absolute atomic E-state index is 0.0153. The molecule has 0 bridgehead atoms. The number of carbonyl (C=O) groups is 1. The smallest absolute Gasteiger partial charge is 0.253 e. The molecule has 0 aliphatic carbocycles. The van der Waals surface area contributed by atoms with E-state index < -0.39 is 0 Å². The van der Waals surface area contributed by atoms with Crippen molar-refractivity contribution in [2.24, 2.45) is 0 Å². The monoisotopic (exact) mass is 282 g/mol. The summed E-state index contributed by atoms with van der Waals surface area (Å²) in [5.41, 5.74) is 10.4. The van der Waals surface area contributed by atoms with Gasteiger partial charge in [-0.15, -0.1) is 0 Å². The lowest BCUT2D eigenvalue weighted by atomic mass is 10.1. The Bertz CT molecular complexity index is 665. The number of nitrogens with zero attached hydrogens (tertiary/aromatic N) is 1. The van der Waals surface area contributed by atoms with Gasteiger partial charge in [-0.1, -0.05) is 18.2 Å². The molecule has 0 atom stereocenters. The normalized spacial score (nSPS) is 13.0. The van der Waals surface area contributed by atoms with Gasteiger partial charge in [0, 0.05) is 24.8 Å². The average molecular weight is 282 g/mol. The van der Waals surface area contributed by atoms with Gasteiger partial charge in [-0.05, 0) is 41.0 Å². The van der Waals surface area contributed by atoms with E-state index in [2.05, 4.69) is 0 Å². The van der Waals surface area contributed by atoms with Crippen LogP contribution >= 0.6 is 0 Å². The number of nitrogens with two attached hydrogens (primary N) is 1. The molecule has 1 heterocycles. The highest BCUT2D eigenvalue weighted by Gasteiger charge is 2.16. The molecule has 3 rings (SSSR count). The van der Waals surface area contributed by atoms with Crippen molar-refractivity contribution in [2.75, 3.05) is 12.8 Å². The fraction of sp³-hybridized carbons (Fsp3) is 0.235. The summed E-state index contributed by atoms with van der Waals surface area (Å²) in [6, 6.07) is 13.4. The number of rotatable bonds is 3. The Labute approximate surface area is 124 Å². The minimum atomic E-state index is 0.0153. The van der Waals surface area contributed by atoms with Crippen LogP contribution in [0.5, 0.6) is 0 Å². The average Bonchev–Trinajstić information content (AvgIpc) is 2.96. The van der Waals surface area contributed by atoms with Gasteiger partial charge in [-0.25, -0.2) is 0 Å². The molecule has 0 saturated carbocycles. The van der Waals surface area contributed by atoms with E-state index >= 15 is 0 Å². The zero-order chi connectivity index (χ0) is 14.8. The van der Waals surface area contributed by atoms with Crippen molar-refractivity contribution in [3.63, 3.8) is 0 Å². The maximum absolute atomic E-state index is 12.5. The summed E-state index contributed by atoms with van der Waals surface area (Å²) in [6.07, 6.45) is 0. The molecule has 2 N–H and O–H groups in total. The Hall–Kier alpha value is -2.33. The second kappa shape index (κ2) is 5.58. The summed E-state index contributed by atoms with van der Waals surface area (Å²) in [5.74, 6) is 0.0153. The van der Waals surface area contributed by atoms with Crippen molar-refractivity contribution in [3.05, 3.63) is 64.7 Å². The lowest BCUT2D eigenvalue weighted by Gasteiger charge is -2.18. The molecule has 108 valence electrons. The van der Waals surface area contributed by atoms with E-state index in [1.807, 2.05) is 49.5 Å². The first-order valence-corrected chi connectivity index (χ1v) is 6.93. The molecular formula is C17H18N2O2. The van der Waals surface area contributed by atoms with Gasteiger partial charge in [-0.3, -0.25) is 4.79 Å². The van der Waals surface area contributed by atoms with E-state index in [0.29, 0.717) is 25.3 Å². The van der Waals surface area contributed by atoms with E-state index in [1.165, 1.54) is 5.56 Å². The molecule has 2 aromatic carbocycles. The fourth-order valence-electron chi connectivity index (χ4n) is 2.49. The Morgan fingerprint density at radius 1 is 1.14 bits per heavy atom. The SMILES string of the molecule is CN(Cc1ccc(N)cc1)C(=O)c1ccc2c(c1)COC2. The maximum atomic E-state index is 12.5. The van der Waals surface area contributed by atoms with Gasteiger partial charge >= 0.3 is 0 Å². The fourth-order valence-corrected chi connectivity index (χ4v) is 2.49. The van der Waals surface area contributed by atoms with Gasteiger partial charge in [-0.2, -0.15) is 0 Å².